The molecular weight excluding hydrogens is 412 g/mol. The van der Waals surface area contributed by atoms with Crippen LogP contribution >= 0.6 is 0 Å². The highest BCUT2D eigenvalue weighted by atomic mass is 16.6. The Balaban J connectivity index is 1.46. The van der Waals surface area contributed by atoms with Crippen LogP contribution in [0.5, 0.6) is 0 Å². The number of benzene rings is 1. The van der Waals surface area contributed by atoms with Gasteiger partial charge in [0.15, 0.2) is 0 Å². The van der Waals surface area contributed by atoms with Crippen molar-refractivity contribution in [2.75, 3.05) is 31.1 Å². The molecule has 2 amide bonds. The lowest BCUT2D eigenvalue weighted by Gasteiger charge is -2.41. The molecule has 2 aliphatic rings. The molecule has 10 heteroatoms. The van der Waals surface area contributed by atoms with E-state index in [9.17, 15) is 20.0 Å². The van der Waals surface area contributed by atoms with E-state index in [1.54, 1.807) is 4.90 Å². The smallest absolute Gasteiger partial charge is 0.410 e. The van der Waals surface area contributed by atoms with E-state index in [0.717, 1.165) is 16.9 Å². The third-order valence-electron chi connectivity index (χ3n) is 5.80. The number of anilines is 1. The van der Waals surface area contributed by atoms with E-state index in [4.69, 9.17) is 4.74 Å². The molecule has 0 aliphatic carbocycles. The van der Waals surface area contributed by atoms with Crippen LogP contribution in [0.4, 0.5) is 15.4 Å². The van der Waals surface area contributed by atoms with Crippen molar-refractivity contribution in [1.29, 1.82) is 5.26 Å². The summed E-state index contributed by atoms with van der Waals surface area (Å²) in [4.78, 5) is 37.8. The van der Waals surface area contributed by atoms with Gasteiger partial charge in [-0.3, -0.25) is 0 Å². The van der Waals surface area contributed by atoms with Gasteiger partial charge in [-0.2, -0.15) is 5.26 Å². The van der Waals surface area contributed by atoms with E-state index < -0.39 is 12.2 Å². The summed E-state index contributed by atoms with van der Waals surface area (Å²) in [6.45, 7) is 2.18. The first-order valence-electron chi connectivity index (χ1n) is 10.5. The van der Waals surface area contributed by atoms with Gasteiger partial charge in [-0.1, -0.05) is 30.3 Å². The number of hydrogen-bond acceptors (Lipinski definition) is 7. The molecule has 3 heterocycles. The molecule has 10 nitrogen and oxygen atoms in total. The molecule has 1 N–H and O–H groups in total. The normalized spacial score (nSPS) is 18.0. The molecule has 1 fully saturated rings. The monoisotopic (exact) mass is 436 g/mol. The van der Waals surface area contributed by atoms with E-state index in [2.05, 4.69) is 20.9 Å². The minimum atomic E-state index is -0.965. The fourth-order valence-corrected chi connectivity index (χ4v) is 4.14. The van der Waals surface area contributed by atoms with E-state index in [-0.39, 0.29) is 25.6 Å². The number of carbonyl (C=O) groups excluding carboxylic acids is 1. The van der Waals surface area contributed by atoms with E-state index in [1.165, 1.54) is 11.2 Å². The Hall–Kier alpha value is -3.87. The SMILES string of the molecule is N#CC[C@H]1CN(c2ncnc3c2CCN(C(=O)O)C3)CCN1C(=O)OCc1ccccc1. The summed E-state index contributed by atoms with van der Waals surface area (Å²) in [5, 5.41) is 18.6. The highest BCUT2D eigenvalue weighted by Gasteiger charge is 2.34. The summed E-state index contributed by atoms with van der Waals surface area (Å²) >= 11 is 0. The Morgan fingerprint density at radius 3 is 2.75 bits per heavy atom. The van der Waals surface area contributed by atoms with Gasteiger partial charge in [-0.25, -0.2) is 19.6 Å². The molecule has 166 valence electrons. The van der Waals surface area contributed by atoms with E-state index in [1.807, 2.05) is 30.3 Å². The number of carbonyl (C=O) groups is 2. The molecule has 0 bridgehead atoms. The molecule has 4 rings (SSSR count). The zero-order valence-corrected chi connectivity index (χ0v) is 17.6. The Morgan fingerprint density at radius 2 is 2.00 bits per heavy atom. The van der Waals surface area contributed by atoms with Gasteiger partial charge in [0.25, 0.3) is 0 Å². The quantitative estimate of drug-likeness (QED) is 0.774. The second-order valence-corrected chi connectivity index (χ2v) is 7.77. The summed E-state index contributed by atoms with van der Waals surface area (Å²) in [6.07, 6.45) is 0.749. The number of fused-ring (bicyclic) bond motifs is 1. The van der Waals surface area contributed by atoms with Gasteiger partial charge in [0.05, 0.1) is 30.8 Å². The lowest BCUT2D eigenvalue weighted by molar-refractivity contribution is 0.0768. The molecule has 0 saturated carbocycles. The zero-order chi connectivity index (χ0) is 22.5. The Bertz CT molecular complexity index is 1020. The van der Waals surface area contributed by atoms with Crippen molar-refractivity contribution in [1.82, 2.24) is 19.8 Å². The van der Waals surface area contributed by atoms with Crippen molar-refractivity contribution in [2.24, 2.45) is 0 Å². The van der Waals surface area contributed by atoms with Gasteiger partial charge in [-0.05, 0) is 12.0 Å². The number of amides is 2. The maximum atomic E-state index is 12.7. The average Bonchev–Trinajstić information content (AvgIpc) is 2.82. The predicted octanol–water partition coefficient (Wildman–Crippen LogP) is 2.25. The van der Waals surface area contributed by atoms with Crippen LogP contribution in [-0.2, 0) is 24.3 Å². The molecular formula is C22H24N6O4. The van der Waals surface area contributed by atoms with Gasteiger partial charge in [0, 0.05) is 31.7 Å². The van der Waals surface area contributed by atoms with Crippen LogP contribution in [0.25, 0.3) is 0 Å². The molecule has 2 aliphatic heterocycles. The number of aromatic nitrogens is 2. The standard InChI is InChI=1S/C22H24N6O4/c23-8-6-17-12-26(10-11-28(17)22(31)32-14-16-4-2-1-3-5-16)20-18-7-9-27(21(29)30)13-19(18)24-15-25-20/h1-5,15,17H,6-7,9-14H2,(H,29,30)/t17-/m0/s1. The molecule has 0 unspecified atom stereocenters. The summed E-state index contributed by atoms with van der Waals surface area (Å²) in [6, 6.07) is 11.3. The van der Waals surface area contributed by atoms with Gasteiger partial charge in [0.1, 0.15) is 18.8 Å². The lowest BCUT2D eigenvalue weighted by Crippen LogP contribution is -2.55. The Labute approximate surface area is 185 Å². The van der Waals surface area contributed by atoms with Crippen LogP contribution in [0, 0.1) is 11.3 Å². The van der Waals surface area contributed by atoms with E-state index in [0.29, 0.717) is 38.3 Å². The molecule has 1 aromatic carbocycles. The molecule has 0 radical (unpaired) electrons. The largest absolute Gasteiger partial charge is 0.465 e. The molecule has 1 saturated heterocycles. The number of nitriles is 1. The Morgan fingerprint density at radius 1 is 1.19 bits per heavy atom. The molecule has 32 heavy (non-hydrogen) atoms. The second-order valence-electron chi connectivity index (χ2n) is 7.77. The van der Waals surface area contributed by atoms with Gasteiger partial charge in [-0.15, -0.1) is 0 Å². The van der Waals surface area contributed by atoms with Crippen molar-refractivity contribution in [3.63, 3.8) is 0 Å². The van der Waals surface area contributed by atoms with Crippen LogP contribution in [0.3, 0.4) is 0 Å². The minimum Gasteiger partial charge on any atom is -0.465 e. The minimum absolute atomic E-state index is 0.178. The summed E-state index contributed by atoms with van der Waals surface area (Å²) in [5.74, 6) is 0.750. The summed E-state index contributed by atoms with van der Waals surface area (Å²) in [5.41, 5.74) is 2.53. The molecule has 1 atom stereocenters. The molecule has 2 aromatic rings. The first-order chi connectivity index (χ1) is 15.6. The van der Waals surface area contributed by atoms with Crippen LogP contribution in [0.1, 0.15) is 23.2 Å². The van der Waals surface area contributed by atoms with Crippen molar-refractivity contribution < 1.29 is 19.4 Å². The summed E-state index contributed by atoms with van der Waals surface area (Å²) < 4.78 is 5.48. The topological polar surface area (TPSA) is 123 Å². The highest BCUT2D eigenvalue weighted by Crippen LogP contribution is 2.28. The van der Waals surface area contributed by atoms with Crippen LogP contribution in [0.2, 0.25) is 0 Å². The maximum absolute atomic E-state index is 12.7. The number of hydrogen-bond donors (Lipinski definition) is 1. The fourth-order valence-electron chi connectivity index (χ4n) is 4.14. The third-order valence-corrected chi connectivity index (χ3v) is 5.80. The van der Waals surface area contributed by atoms with Crippen LogP contribution in [-0.4, -0.2) is 69.3 Å². The van der Waals surface area contributed by atoms with Gasteiger partial charge >= 0.3 is 12.2 Å². The van der Waals surface area contributed by atoms with Crippen molar-refractivity contribution in [3.05, 3.63) is 53.5 Å². The van der Waals surface area contributed by atoms with Crippen molar-refractivity contribution in [2.45, 2.75) is 32.0 Å². The zero-order valence-electron chi connectivity index (χ0n) is 17.6. The van der Waals surface area contributed by atoms with Crippen LogP contribution in [0.15, 0.2) is 36.7 Å². The lowest BCUT2D eigenvalue weighted by atomic mass is 10.0. The van der Waals surface area contributed by atoms with E-state index >= 15 is 0 Å². The number of nitrogens with zero attached hydrogens (tertiary/aromatic N) is 6. The number of ether oxygens (including phenoxy) is 1. The molecule has 1 aromatic heterocycles. The van der Waals surface area contributed by atoms with Gasteiger partial charge < -0.3 is 24.5 Å². The first-order valence-corrected chi connectivity index (χ1v) is 10.5. The maximum Gasteiger partial charge on any atom is 0.410 e. The number of carboxylic acid groups (broad SMARTS) is 1. The number of rotatable bonds is 4. The van der Waals surface area contributed by atoms with Crippen LogP contribution < -0.4 is 4.90 Å². The fraction of sp³-hybridized carbons (Fsp3) is 0.409. The van der Waals surface area contributed by atoms with Crippen molar-refractivity contribution in [3.8, 4) is 6.07 Å². The Kier molecular flexibility index (Phi) is 6.35. The molecule has 0 spiro atoms. The summed E-state index contributed by atoms with van der Waals surface area (Å²) in [7, 11) is 0. The third kappa shape index (κ3) is 4.56. The highest BCUT2D eigenvalue weighted by molar-refractivity contribution is 5.69. The predicted molar refractivity (Wildman–Crippen MR) is 114 cm³/mol. The average molecular weight is 436 g/mol. The van der Waals surface area contributed by atoms with Gasteiger partial charge in [0.2, 0.25) is 0 Å². The second kappa shape index (κ2) is 9.51. The number of piperazine rings is 1. The van der Waals surface area contributed by atoms with Crippen molar-refractivity contribution >= 4 is 18.0 Å². The first kappa shape index (κ1) is 21.4.